The van der Waals surface area contributed by atoms with Crippen molar-refractivity contribution in [3.8, 4) is 5.75 Å². The summed E-state index contributed by atoms with van der Waals surface area (Å²) in [5, 5.41) is 9.64. The molecule has 0 aromatic heterocycles. The third kappa shape index (κ3) is 2.75. The molecule has 5 nitrogen and oxygen atoms in total. The van der Waals surface area contributed by atoms with E-state index in [0.29, 0.717) is 6.42 Å². The van der Waals surface area contributed by atoms with Gasteiger partial charge in [-0.25, -0.2) is 9.79 Å². The number of benzene rings is 1. The summed E-state index contributed by atoms with van der Waals surface area (Å²) in [5.74, 6) is 0.772. The molecule has 1 aliphatic rings. The topological polar surface area (TPSA) is 68.1 Å². The Balaban J connectivity index is 2.30. The Bertz CT molecular complexity index is 528. The minimum Gasteiger partial charge on any atom is -0.497 e. The fourth-order valence-corrected chi connectivity index (χ4v) is 3.38. The fraction of sp³-hybridized carbons (Fsp3) is 0.429. The molecule has 108 valence electrons. The summed E-state index contributed by atoms with van der Waals surface area (Å²) < 4.78 is 10.2. The van der Waals surface area contributed by atoms with Gasteiger partial charge in [-0.15, -0.1) is 0 Å². The smallest absolute Gasteiger partial charge is 0.497 e. The van der Waals surface area contributed by atoms with E-state index in [1.165, 1.54) is 11.8 Å². The van der Waals surface area contributed by atoms with E-state index in [-0.39, 0.29) is 5.25 Å². The van der Waals surface area contributed by atoms with Crippen LogP contribution >= 0.6 is 11.8 Å². The second-order valence-corrected chi connectivity index (χ2v) is 5.80. The maximum Gasteiger partial charge on any atom is 0.508 e. The Morgan fingerprint density at radius 3 is 2.60 bits per heavy atom. The van der Waals surface area contributed by atoms with Crippen LogP contribution in [0.1, 0.15) is 25.8 Å². The van der Waals surface area contributed by atoms with E-state index in [4.69, 9.17) is 14.6 Å². The molecular weight excluding hydrogens is 278 g/mol. The number of hydrogen-bond donors (Lipinski definition) is 1. The normalized spacial score (nSPS) is 25.1. The van der Waals surface area contributed by atoms with Crippen LogP contribution in [-0.4, -0.2) is 34.4 Å². The largest absolute Gasteiger partial charge is 0.508 e. The minimum absolute atomic E-state index is 0.0549. The highest BCUT2D eigenvalue weighted by atomic mass is 32.2. The quantitative estimate of drug-likeness (QED) is 0.862. The van der Waals surface area contributed by atoms with Gasteiger partial charge in [-0.05, 0) is 31.2 Å². The van der Waals surface area contributed by atoms with Gasteiger partial charge in [0.2, 0.25) is 5.72 Å². The lowest BCUT2D eigenvalue weighted by molar-refractivity contribution is -0.0129. The number of thioether (sulfide) groups is 1. The summed E-state index contributed by atoms with van der Waals surface area (Å²) in [6.45, 7) is 3.80. The third-order valence-electron chi connectivity index (χ3n) is 3.32. The van der Waals surface area contributed by atoms with Crippen molar-refractivity contribution in [3.63, 3.8) is 0 Å². The molecule has 0 aliphatic carbocycles. The van der Waals surface area contributed by atoms with Crippen LogP contribution in [0.5, 0.6) is 5.75 Å². The lowest BCUT2D eigenvalue weighted by Gasteiger charge is -2.26. The highest BCUT2D eigenvalue weighted by molar-refractivity contribution is 8.15. The molecule has 0 saturated carbocycles. The molecule has 0 saturated heterocycles. The molecule has 6 heteroatoms. The van der Waals surface area contributed by atoms with Crippen molar-refractivity contribution in [2.75, 3.05) is 7.11 Å². The number of nitrogens with zero attached hydrogens (tertiary/aromatic N) is 1. The van der Waals surface area contributed by atoms with Crippen LogP contribution in [0.15, 0.2) is 29.3 Å². The number of aliphatic imine (C=N–C) groups is 1. The van der Waals surface area contributed by atoms with Crippen molar-refractivity contribution in [1.82, 2.24) is 0 Å². The lowest BCUT2D eigenvalue weighted by Crippen LogP contribution is -2.38. The van der Waals surface area contributed by atoms with Gasteiger partial charge in [0.1, 0.15) is 10.8 Å². The van der Waals surface area contributed by atoms with Crippen LogP contribution in [0, 0.1) is 0 Å². The highest BCUT2D eigenvalue weighted by Gasteiger charge is 2.44. The van der Waals surface area contributed by atoms with Gasteiger partial charge in [0.15, 0.2) is 0 Å². The lowest BCUT2D eigenvalue weighted by atomic mass is 10.1. The molecule has 1 aromatic rings. The van der Waals surface area contributed by atoms with E-state index >= 15 is 0 Å². The summed E-state index contributed by atoms with van der Waals surface area (Å²) in [5.41, 5.74) is -0.0573. The van der Waals surface area contributed by atoms with E-state index in [1.807, 2.05) is 38.1 Å². The van der Waals surface area contributed by atoms with Crippen LogP contribution in [0.25, 0.3) is 0 Å². The van der Waals surface area contributed by atoms with Crippen molar-refractivity contribution in [3.05, 3.63) is 29.8 Å². The first-order valence-electron chi connectivity index (χ1n) is 6.33. The van der Waals surface area contributed by atoms with Gasteiger partial charge < -0.3 is 14.6 Å². The van der Waals surface area contributed by atoms with Crippen LogP contribution in [0.2, 0.25) is 0 Å². The first-order valence-corrected chi connectivity index (χ1v) is 7.21. The number of carboxylic acid groups (broad SMARTS) is 1. The van der Waals surface area contributed by atoms with Crippen molar-refractivity contribution in [2.45, 2.75) is 31.2 Å². The number of ether oxygens (including phenoxy) is 2. The highest BCUT2D eigenvalue weighted by Crippen LogP contribution is 2.41. The summed E-state index contributed by atoms with van der Waals surface area (Å²) in [7, 11) is 1.61. The zero-order valence-electron chi connectivity index (χ0n) is 11.6. The molecule has 2 atom stereocenters. The molecule has 20 heavy (non-hydrogen) atoms. The van der Waals surface area contributed by atoms with E-state index in [1.54, 1.807) is 7.11 Å². The summed E-state index contributed by atoms with van der Waals surface area (Å²) in [6.07, 6.45) is -0.785. The number of carbonyl (C=O) groups is 1. The zero-order chi connectivity index (χ0) is 14.8. The Morgan fingerprint density at radius 2 is 2.10 bits per heavy atom. The van der Waals surface area contributed by atoms with Gasteiger partial charge in [0, 0.05) is 12.0 Å². The SMILES string of the molecule is CCC1(OC(=O)O)N=C(c2ccc(OC)cc2)SC1C. The van der Waals surface area contributed by atoms with E-state index in [0.717, 1.165) is 16.4 Å². The van der Waals surface area contributed by atoms with Crippen molar-refractivity contribution < 1.29 is 19.4 Å². The first kappa shape index (κ1) is 14.7. The molecule has 0 amide bonds. The Hall–Kier alpha value is -1.69. The van der Waals surface area contributed by atoms with Gasteiger partial charge in [-0.1, -0.05) is 18.7 Å². The fourth-order valence-electron chi connectivity index (χ4n) is 2.11. The average Bonchev–Trinajstić information content (AvgIpc) is 2.76. The summed E-state index contributed by atoms with van der Waals surface area (Å²) in [6, 6.07) is 7.52. The van der Waals surface area contributed by atoms with E-state index < -0.39 is 11.9 Å². The van der Waals surface area contributed by atoms with E-state index in [2.05, 4.69) is 4.99 Å². The molecule has 2 rings (SSSR count). The molecule has 0 fully saturated rings. The predicted octanol–water partition coefficient (Wildman–Crippen LogP) is 3.38. The molecular formula is C14H17NO4S. The predicted molar refractivity (Wildman–Crippen MR) is 78.7 cm³/mol. The number of hydrogen-bond acceptors (Lipinski definition) is 5. The first-order chi connectivity index (χ1) is 9.50. The summed E-state index contributed by atoms with van der Waals surface area (Å²) >= 11 is 1.53. The number of methoxy groups -OCH3 is 1. The van der Waals surface area contributed by atoms with Crippen molar-refractivity contribution in [2.24, 2.45) is 4.99 Å². The van der Waals surface area contributed by atoms with Gasteiger partial charge in [-0.2, -0.15) is 0 Å². The number of rotatable bonds is 4. The molecule has 2 unspecified atom stereocenters. The molecule has 1 heterocycles. The monoisotopic (exact) mass is 295 g/mol. The Morgan fingerprint density at radius 1 is 1.45 bits per heavy atom. The average molecular weight is 295 g/mol. The minimum atomic E-state index is -1.29. The molecule has 0 spiro atoms. The Labute approximate surface area is 122 Å². The second kappa shape index (κ2) is 5.75. The second-order valence-electron chi connectivity index (χ2n) is 4.47. The standard InChI is InChI=1S/C14H17NO4S/c1-4-14(19-13(16)17)9(2)20-12(15-14)10-5-7-11(18-3)8-6-10/h5-9H,4H2,1-3H3,(H,16,17). The molecule has 1 N–H and O–H groups in total. The molecule has 1 aliphatic heterocycles. The van der Waals surface area contributed by atoms with Crippen molar-refractivity contribution in [1.29, 1.82) is 0 Å². The Kier molecular flexibility index (Phi) is 4.23. The van der Waals surface area contributed by atoms with Crippen LogP contribution in [0.3, 0.4) is 0 Å². The molecule has 0 radical (unpaired) electrons. The van der Waals surface area contributed by atoms with Crippen molar-refractivity contribution >= 4 is 23.0 Å². The third-order valence-corrected chi connectivity index (χ3v) is 4.59. The van der Waals surface area contributed by atoms with Gasteiger partial charge >= 0.3 is 6.16 Å². The van der Waals surface area contributed by atoms with Crippen LogP contribution < -0.4 is 4.74 Å². The zero-order valence-corrected chi connectivity index (χ0v) is 12.4. The van der Waals surface area contributed by atoms with Gasteiger partial charge in [-0.3, -0.25) is 0 Å². The van der Waals surface area contributed by atoms with Gasteiger partial charge in [0.25, 0.3) is 0 Å². The maximum absolute atomic E-state index is 10.9. The maximum atomic E-state index is 10.9. The van der Waals surface area contributed by atoms with Gasteiger partial charge in [0.05, 0.1) is 12.4 Å². The molecule has 0 bridgehead atoms. The molecule has 1 aromatic carbocycles. The summed E-state index contributed by atoms with van der Waals surface area (Å²) in [4.78, 5) is 15.4. The van der Waals surface area contributed by atoms with Crippen LogP contribution in [-0.2, 0) is 4.74 Å². The van der Waals surface area contributed by atoms with E-state index in [9.17, 15) is 4.79 Å². The van der Waals surface area contributed by atoms with Crippen LogP contribution in [0.4, 0.5) is 4.79 Å².